The molecule has 5 nitrogen and oxygen atoms in total. The molecular weight excluding hydrogens is 278 g/mol. The number of sulfone groups is 1. The molecule has 0 saturated heterocycles. The Hall–Kier alpha value is -1.11. The Morgan fingerprint density at radius 1 is 1.30 bits per heavy atom. The van der Waals surface area contributed by atoms with Crippen molar-refractivity contribution in [2.45, 2.75) is 38.2 Å². The Morgan fingerprint density at radius 2 is 1.90 bits per heavy atom. The lowest BCUT2D eigenvalue weighted by atomic mass is 10.0. The second-order valence-electron chi connectivity index (χ2n) is 6.10. The van der Waals surface area contributed by atoms with Gasteiger partial charge in [-0.3, -0.25) is 0 Å². The van der Waals surface area contributed by atoms with Crippen LogP contribution in [0.1, 0.15) is 38.0 Å². The molecular formula is C14H23NO4S. The molecule has 114 valence electrons. The number of hydrogen-bond acceptors (Lipinski definition) is 5. The fourth-order valence-corrected chi connectivity index (χ4v) is 2.53. The molecule has 0 heterocycles. The summed E-state index contributed by atoms with van der Waals surface area (Å²) in [5, 5.41) is 23.0. The number of hydrogen-bond donors (Lipinski definition) is 3. The highest BCUT2D eigenvalue weighted by Crippen LogP contribution is 2.24. The van der Waals surface area contributed by atoms with Gasteiger partial charge >= 0.3 is 0 Å². The lowest BCUT2D eigenvalue weighted by Gasteiger charge is -2.23. The van der Waals surface area contributed by atoms with Gasteiger partial charge in [-0.1, -0.05) is 6.07 Å². The standard InChI is InChI=1S/C14H23NO4S/c1-14(2,3)15-8-13(17)10-5-6-12(16)11(7-10)9-20(4,18)19/h5-7,13,15-17H,8-9H2,1-4H3/t13-/m1/s1. The minimum Gasteiger partial charge on any atom is -0.508 e. The van der Waals surface area contributed by atoms with Gasteiger partial charge in [0, 0.05) is 23.9 Å². The summed E-state index contributed by atoms with van der Waals surface area (Å²) in [5.74, 6) is -0.318. The van der Waals surface area contributed by atoms with Gasteiger partial charge in [0.15, 0.2) is 9.84 Å². The predicted molar refractivity (Wildman–Crippen MR) is 79.4 cm³/mol. The van der Waals surface area contributed by atoms with Crippen molar-refractivity contribution < 1.29 is 18.6 Å². The molecule has 3 N–H and O–H groups in total. The predicted octanol–water partition coefficient (Wildman–Crippen LogP) is 1.36. The Labute approximate surface area is 120 Å². The maximum Gasteiger partial charge on any atom is 0.151 e. The fourth-order valence-electron chi connectivity index (χ4n) is 1.73. The summed E-state index contributed by atoms with van der Waals surface area (Å²) in [6.45, 7) is 6.33. The molecule has 1 rings (SSSR count). The SMILES string of the molecule is CC(C)(C)NC[C@@H](O)c1ccc(O)c(CS(C)(=O)=O)c1. The van der Waals surface area contributed by atoms with E-state index in [1.54, 1.807) is 6.07 Å². The molecule has 1 aromatic rings. The Bertz CT molecular complexity index is 561. The molecule has 20 heavy (non-hydrogen) atoms. The number of aliphatic hydroxyl groups excluding tert-OH is 1. The first-order valence-corrected chi connectivity index (χ1v) is 8.46. The first-order chi connectivity index (χ1) is 8.98. The number of β-amino-alcohol motifs (C(OH)–C–C–N with tert-alkyl or cyclic N) is 1. The summed E-state index contributed by atoms with van der Waals surface area (Å²) in [6, 6.07) is 4.54. The van der Waals surface area contributed by atoms with Crippen molar-refractivity contribution in [1.82, 2.24) is 5.32 Å². The second-order valence-corrected chi connectivity index (χ2v) is 8.25. The van der Waals surface area contributed by atoms with Gasteiger partial charge in [0.05, 0.1) is 11.9 Å². The summed E-state index contributed by atoms with van der Waals surface area (Å²) in [6.07, 6.45) is 0.351. The van der Waals surface area contributed by atoms with E-state index in [1.807, 2.05) is 20.8 Å². The average Bonchev–Trinajstić information content (AvgIpc) is 2.26. The molecule has 1 atom stereocenters. The van der Waals surface area contributed by atoms with Gasteiger partial charge in [-0.25, -0.2) is 8.42 Å². The number of nitrogens with one attached hydrogen (secondary N) is 1. The lowest BCUT2D eigenvalue weighted by molar-refractivity contribution is 0.163. The van der Waals surface area contributed by atoms with Gasteiger partial charge in [-0.15, -0.1) is 0 Å². The summed E-state index contributed by atoms with van der Waals surface area (Å²) >= 11 is 0. The molecule has 0 unspecified atom stereocenters. The van der Waals surface area contributed by atoms with Crippen molar-refractivity contribution in [3.05, 3.63) is 29.3 Å². The molecule has 0 radical (unpaired) electrons. The van der Waals surface area contributed by atoms with Crippen molar-refractivity contribution >= 4 is 9.84 Å². The van der Waals surface area contributed by atoms with Crippen LogP contribution in [0.25, 0.3) is 0 Å². The van der Waals surface area contributed by atoms with Crippen LogP contribution in [0.4, 0.5) is 0 Å². The van der Waals surface area contributed by atoms with Crippen LogP contribution in [0.3, 0.4) is 0 Å². The highest BCUT2D eigenvalue weighted by Gasteiger charge is 2.16. The lowest BCUT2D eigenvalue weighted by Crippen LogP contribution is -2.38. The van der Waals surface area contributed by atoms with E-state index in [2.05, 4.69) is 5.32 Å². The van der Waals surface area contributed by atoms with E-state index in [9.17, 15) is 18.6 Å². The Morgan fingerprint density at radius 3 is 2.40 bits per heavy atom. The highest BCUT2D eigenvalue weighted by molar-refractivity contribution is 7.89. The van der Waals surface area contributed by atoms with Crippen molar-refractivity contribution in [3.63, 3.8) is 0 Å². The van der Waals surface area contributed by atoms with Crippen LogP contribution < -0.4 is 5.32 Å². The monoisotopic (exact) mass is 301 g/mol. The third-order valence-corrected chi connectivity index (χ3v) is 3.57. The van der Waals surface area contributed by atoms with Crippen molar-refractivity contribution in [2.75, 3.05) is 12.8 Å². The number of aliphatic hydroxyl groups is 1. The van der Waals surface area contributed by atoms with Crippen LogP contribution in [0.5, 0.6) is 5.75 Å². The van der Waals surface area contributed by atoms with Crippen LogP contribution in [0.2, 0.25) is 0 Å². The quantitative estimate of drug-likeness (QED) is 0.764. The zero-order chi connectivity index (χ0) is 15.6. The van der Waals surface area contributed by atoms with Gasteiger partial charge < -0.3 is 15.5 Å². The normalized spacial score (nSPS) is 14.2. The van der Waals surface area contributed by atoms with E-state index in [0.29, 0.717) is 17.7 Å². The Balaban J connectivity index is 2.89. The molecule has 0 amide bonds. The third kappa shape index (κ3) is 5.90. The van der Waals surface area contributed by atoms with Crippen LogP contribution in [-0.4, -0.2) is 37.0 Å². The van der Waals surface area contributed by atoms with E-state index < -0.39 is 15.9 Å². The van der Waals surface area contributed by atoms with Gasteiger partial charge in [0.25, 0.3) is 0 Å². The zero-order valence-corrected chi connectivity index (χ0v) is 13.2. The maximum absolute atomic E-state index is 11.3. The number of phenolic OH excluding ortho intramolecular Hbond substituents is 1. The number of rotatable bonds is 5. The fraction of sp³-hybridized carbons (Fsp3) is 0.571. The van der Waals surface area contributed by atoms with E-state index >= 15 is 0 Å². The second kappa shape index (κ2) is 6.11. The van der Waals surface area contributed by atoms with Gasteiger partial charge in [-0.05, 0) is 38.5 Å². The molecule has 1 aromatic carbocycles. The largest absolute Gasteiger partial charge is 0.508 e. The van der Waals surface area contributed by atoms with Crippen LogP contribution in [-0.2, 0) is 15.6 Å². The summed E-state index contributed by atoms with van der Waals surface area (Å²) in [5.41, 5.74) is 0.769. The first-order valence-electron chi connectivity index (χ1n) is 6.40. The Kier molecular flexibility index (Phi) is 5.18. The molecule has 0 fully saturated rings. The van der Waals surface area contributed by atoms with Crippen LogP contribution in [0.15, 0.2) is 18.2 Å². The summed E-state index contributed by atoms with van der Waals surface area (Å²) < 4.78 is 22.6. The third-order valence-electron chi connectivity index (χ3n) is 2.73. The number of aromatic hydroxyl groups is 1. The van der Waals surface area contributed by atoms with E-state index in [-0.39, 0.29) is 17.0 Å². The molecule has 0 aromatic heterocycles. The molecule has 0 aliphatic carbocycles. The minimum atomic E-state index is -3.23. The van der Waals surface area contributed by atoms with E-state index in [0.717, 1.165) is 6.26 Å². The molecule has 6 heteroatoms. The van der Waals surface area contributed by atoms with Gasteiger partial charge in [0.2, 0.25) is 0 Å². The average molecular weight is 301 g/mol. The molecule has 0 saturated carbocycles. The molecule has 0 bridgehead atoms. The molecule has 0 aliphatic rings. The number of phenols is 1. The van der Waals surface area contributed by atoms with Gasteiger partial charge in [0.1, 0.15) is 5.75 Å². The molecule has 0 aliphatic heterocycles. The zero-order valence-electron chi connectivity index (χ0n) is 12.3. The van der Waals surface area contributed by atoms with E-state index in [1.165, 1.54) is 12.1 Å². The maximum atomic E-state index is 11.3. The smallest absolute Gasteiger partial charge is 0.151 e. The summed E-state index contributed by atoms with van der Waals surface area (Å²) in [7, 11) is -3.23. The van der Waals surface area contributed by atoms with E-state index in [4.69, 9.17) is 0 Å². The topological polar surface area (TPSA) is 86.6 Å². The summed E-state index contributed by atoms with van der Waals surface area (Å²) in [4.78, 5) is 0. The minimum absolute atomic E-state index is 0.0739. The van der Waals surface area contributed by atoms with Gasteiger partial charge in [-0.2, -0.15) is 0 Å². The molecule has 0 spiro atoms. The van der Waals surface area contributed by atoms with Crippen molar-refractivity contribution in [1.29, 1.82) is 0 Å². The van der Waals surface area contributed by atoms with Crippen molar-refractivity contribution in [3.8, 4) is 5.75 Å². The van der Waals surface area contributed by atoms with Crippen molar-refractivity contribution in [2.24, 2.45) is 0 Å². The first kappa shape index (κ1) is 16.9. The van der Waals surface area contributed by atoms with Crippen LogP contribution in [0, 0.1) is 0 Å². The highest BCUT2D eigenvalue weighted by atomic mass is 32.2. The number of benzene rings is 1. The van der Waals surface area contributed by atoms with Crippen LogP contribution >= 0.6 is 0 Å².